The highest BCUT2D eigenvalue weighted by Gasteiger charge is 1.98. The Morgan fingerprint density at radius 2 is 1.31 bits per heavy atom. The summed E-state index contributed by atoms with van der Waals surface area (Å²) in [5.74, 6) is 0. The predicted molar refractivity (Wildman–Crippen MR) is 69.6 cm³/mol. The Labute approximate surface area is 104 Å². The Morgan fingerprint density at radius 1 is 0.812 bits per heavy atom. The van der Waals surface area contributed by atoms with Crippen LogP contribution in [0.4, 0.5) is 0 Å². The van der Waals surface area contributed by atoms with Gasteiger partial charge in [-0.25, -0.2) is 0 Å². The molecule has 0 aliphatic carbocycles. The van der Waals surface area contributed by atoms with Crippen LogP contribution in [0.3, 0.4) is 0 Å². The molecule has 2 aromatic heterocycles. The molecular weight excluding hydrogens is 236 g/mol. The van der Waals surface area contributed by atoms with Crippen molar-refractivity contribution in [2.45, 2.75) is 13.1 Å². The van der Waals surface area contributed by atoms with E-state index in [-0.39, 0.29) is 0 Å². The Morgan fingerprint density at radius 3 is 1.69 bits per heavy atom. The minimum Gasteiger partial charge on any atom is -0.337 e. The molecule has 0 saturated heterocycles. The van der Waals surface area contributed by atoms with Crippen molar-refractivity contribution in [1.29, 1.82) is 0 Å². The molecule has 0 radical (unpaired) electrons. The average molecular weight is 254 g/mol. The molecule has 0 spiro atoms. The maximum Gasteiger partial charge on any atom is 0.126 e. The Hall–Kier alpha value is -0.680. The molecule has 4 heteroatoms. The molecule has 0 bridgehead atoms. The molecule has 0 atom stereocenters. The molecule has 0 fully saturated rings. The number of hydrogen-bond donors (Lipinski definition) is 2. The summed E-state index contributed by atoms with van der Waals surface area (Å²) < 4.78 is 0. The topological polar surface area (TPSA) is 33.2 Å². The van der Waals surface area contributed by atoms with Crippen molar-refractivity contribution in [3.05, 3.63) is 44.8 Å². The van der Waals surface area contributed by atoms with E-state index in [2.05, 4.69) is 45.7 Å². The molecule has 2 rings (SSSR count). The second-order valence-electron chi connectivity index (χ2n) is 3.72. The fourth-order valence-corrected chi connectivity index (χ4v) is 2.99. The number of nitrogens with two attached hydrogens (primary N) is 2. The SMILES string of the molecule is c1csc(C[NH2+]CC[NH2+]Cc2cccs2)c1. The maximum atomic E-state index is 2.39. The second kappa shape index (κ2) is 6.81. The zero-order valence-corrected chi connectivity index (χ0v) is 10.9. The van der Waals surface area contributed by atoms with Crippen LogP contribution >= 0.6 is 22.7 Å². The smallest absolute Gasteiger partial charge is 0.126 e. The molecule has 0 amide bonds. The van der Waals surface area contributed by atoms with E-state index in [1.807, 2.05) is 22.7 Å². The molecule has 0 saturated carbocycles. The highest BCUT2D eigenvalue weighted by atomic mass is 32.1. The van der Waals surface area contributed by atoms with Crippen LogP contribution in [0, 0.1) is 0 Å². The third-order valence-corrected chi connectivity index (χ3v) is 4.22. The van der Waals surface area contributed by atoms with Gasteiger partial charge >= 0.3 is 0 Å². The summed E-state index contributed by atoms with van der Waals surface area (Å²) in [6.45, 7) is 4.65. The molecule has 0 unspecified atom stereocenters. The molecule has 2 heterocycles. The molecule has 86 valence electrons. The van der Waals surface area contributed by atoms with Gasteiger partial charge < -0.3 is 10.6 Å². The van der Waals surface area contributed by atoms with Gasteiger partial charge in [-0.15, -0.1) is 22.7 Å². The van der Waals surface area contributed by atoms with Crippen LogP contribution in [0.15, 0.2) is 35.0 Å². The number of thiophene rings is 2. The summed E-state index contributed by atoms with van der Waals surface area (Å²) in [7, 11) is 0. The fraction of sp³-hybridized carbons (Fsp3) is 0.333. The summed E-state index contributed by atoms with van der Waals surface area (Å²) in [6.07, 6.45) is 0. The normalized spacial score (nSPS) is 10.8. The maximum absolute atomic E-state index is 2.39. The first kappa shape index (κ1) is 11.8. The van der Waals surface area contributed by atoms with Crippen molar-refractivity contribution >= 4 is 22.7 Å². The molecular formula is C12H18N2S2+2. The van der Waals surface area contributed by atoms with Gasteiger partial charge in [-0.1, -0.05) is 12.1 Å². The minimum absolute atomic E-state index is 1.13. The van der Waals surface area contributed by atoms with Crippen molar-refractivity contribution in [2.24, 2.45) is 0 Å². The van der Waals surface area contributed by atoms with Crippen LogP contribution < -0.4 is 10.6 Å². The summed E-state index contributed by atoms with van der Waals surface area (Å²) >= 11 is 3.69. The lowest BCUT2D eigenvalue weighted by Crippen LogP contribution is -2.93. The van der Waals surface area contributed by atoms with E-state index in [9.17, 15) is 0 Å². The molecule has 0 aliphatic rings. The lowest BCUT2D eigenvalue weighted by Gasteiger charge is -1.99. The van der Waals surface area contributed by atoms with Crippen LogP contribution in [0.1, 0.15) is 9.75 Å². The van der Waals surface area contributed by atoms with Gasteiger partial charge in [0.2, 0.25) is 0 Å². The number of quaternary nitrogens is 2. The summed E-state index contributed by atoms with van der Waals surface area (Å²) in [5.41, 5.74) is 0. The van der Waals surface area contributed by atoms with E-state index in [4.69, 9.17) is 0 Å². The highest BCUT2D eigenvalue weighted by Crippen LogP contribution is 2.05. The largest absolute Gasteiger partial charge is 0.337 e. The fourth-order valence-electron chi connectivity index (χ4n) is 1.58. The first-order valence-electron chi connectivity index (χ1n) is 5.63. The van der Waals surface area contributed by atoms with Gasteiger partial charge in [0.1, 0.15) is 26.2 Å². The van der Waals surface area contributed by atoms with E-state index < -0.39 is 0 Å². The van der Waals surface area contributed by atoms with Gasteiger partial charge in [-0.2, -0.15) is 0 Å². The van der Waals surface area contributed by atoms with Crippen molar-refractivity contribution in [2.75, 3.05) is 13.1 Å². The van der Waals surface area contributed by atoms with Crippen LogP contribution in [0.25, 0.3) is 0 Å². The quantitative estimate of drug-likeness (QED) is 0.680. The van der Waals surface area contributed by atoms with E-state index in [0.717, 1.165) is 13.1 Å². The van der Waals surface area contributed by atoms with Crippen molar-refractivity contribution < 1.29 is 10.6 Å². The van der Waals surface area contributed by atoms with Gasteiger partial charge in [-0.05, 0) is 22.9 Å². The molecule has 4 N–H and O–H groups in total. The van der Waals surface area contributed by atoms with Gasteiger partial charge in [0.05, 0.1) is 9.75 Å². The van der Waals surface area contributed by atoms with Gasteiger partial charge in [-0.3, -0.25) is 0 Å². The third kappa shape index (κ3) is 4.06. The van der Waals surface area contributed by atoms with Gasteiger partial charge in [0, 0.05) is 0 Å². The number of rotatable bonds is 7. The predicted octanol–water partition coefficient (Wildman–Crippen LogP) is 0.637. The van der Waals surface area contributed by atoms with E-state index >= 15 is 0 Å². The summed E-state index contributed by atoms with van der Waals surface area (Å²) in [4.78, 5) is 2.94. The van der Waals surface area contributed by atoms with Gasteiger partial charge in [0.15, 0.2) is 0 Å². The molecule has 2 aromatic rings. The summed E-state index contributed by atoms with van der Waals surface area (Å²) in [6, 6.07) is 8.65. The Balaban J connectivity index is 1.49. The van der Waals surface area contributed by atoms with Crippen LogP contribution in [-0.2, 0) is 13.1 Å². The standard InChI is InChI=1S/C12H16N2S2/c1-3-11(15-7-1)9-13-5-6-14-10-12-4-2-8-16-12/h1-4,7-8,13-14H,5-6,9-10H2/p+2. The van der Waals surface area contributed by atoms with E-state index in [1.54, 1.807) is 0 Å². The number of hydrogen-bond acceptors (Lipinski definition) is 2. The first-order valence-corrected chi connectivity index (χ1v) is 7.39. The Bertz CT molecular complexity index is 329. The first-order chi connectivity index (χ1) is 7.95. The van der Waals surface area contributed by atoms with Crippen molar-refractivity contribution in [3.63, 3.8) is 0 Å². The molecule has 16 heavy (non-hydrogen) atoms. The van der Waals surface area contributed by atoms with E-state index in [1.165, 1.54) is 22.8 Å². The van der Waals surface area contributed by atoms with Crippen LogP contribution in [0.2, 0.25) is 0 Å². The van der Waals surface area contributed by atoms with Crippen LogP contribution in [-0.4, -0.2) is 13.1 Å². The summed E-state index contributed by atoms with van der Waals surface area (Å²) in [5, 5.41) is 9.06. The van der Waals surface area contributed by atoms with Crippen molar-refractivity contribution in [1.82, 2.24) is 0 Å². The van der Waals surface area contributed by atoms with Crippen LogP contribution in [0.5, 0.6) is 0 Å². The zero-order chi connectivity index (χ0) is 11.1. The average Bonchev–Trinajstić information content (AvgIpc) is 2.96. The van der Waals surface area contributed by atoms with E-state index in [0.29, 0.717) is 0 Å². The lowest BCUT2D eigenvalue weighted by atomic mass is 10.4. The monoisotopic (exact) mass is 254 g/mol. The lowest BCUT2D eigenvalue weighted by molar-refractivity contribution is -0.737. The second-order valence-corrected chi connectivity index (χ2v) is 5.79. The highest BCUT2D eigenvalue weighted by molar-refractivity contribution is 7.10. The molecule has 2 nitrogen and oxygen atoms in total. The van der Waals surface area contributed by atoms with Gasteiger partial charge in [0.25, 0.3) is 0 Å². The minimum atomic E-state index is 1.13. The molecule has 0 aliphatic heterocycles. The molecule has 0 aromatic carbocycles. The third-order valence-electron chi connectivity index (χ3n) is 2.43. The van der Waals surface area contributed by atoms with Crippen molar-refractivity contribution in [3.8, 4) is 0 Å². The zero-order valence-electron chi connectivity index (χ0n) is 9.26. The Kier molecular flexibility index (Phi) is 5.02.